The van der Waals surface area contributed by atoms with Crippen molar-refractivity contribution in [3.8, 4) is 0 Å². The Morgan fingerprint density at radius 1 is 1.08 bits per heavy atom. The van der Waals surface area contributed by atoms with Gasteiger partial charge in [-0.3, -0.25) is 4.40 Å². The molecule has 0 aliphatic heterocycles. The Kier molecular flexibility index (Phi) is 3.49. The summed E-state index contributed by atoms with van der Waals surface area (Å²) in [6.07, 6.45) is 0. The maximum absolute atomic E-state index is 12.2. The van der Waals surface area contributed by atoms with E-state index in [0.29, 0.717) is 22.8 Å². The summed E-state index contributed by atoms with van der Waals surface area (Å²) in [5, 5.41) is 8.27. The monoisotopic (exact) mass is 336 g/mol. The highest BCUT2D eigenvalue weighted by atomic mass is 16.8. The minimum absolute atomic E-state index is 0.336. The van der Waals surface area contributed by atoms with Gasteiger partial charge >= 0.3 is 5.69 Å². The lowest BCUT2D eigenvalue weighted by Crippen LogP contribution is -2.05. The summed E-state index contributed by atoms with van der Waals surface area (Å²) in [6, 6.07) is 14.1. The molecule has 0 saturated carbocycles. The summed E-state index contributed by atoms with van der Waals surface area (Å²) in [4.78, 5) is 17.5. The zero-order chi connectivity index (χ0) is 17.6. The van der Waals surface area contributed by atoms with Crippen LogP contribution in [-0.4, -0.2) is 31.2 Å². The van der Waals surface area contributed by atoms with Crippen LogP contribution in [0.15, 0.2) is 42.5 Å². The van der Waals surface area contributed by atoms with Crippen LogP contribution in [0.1, 0.15) is 17.1 Å². The summed E-state index contributed by atoms with van der Waals surface area (Å²) in [5.41, 5.74) is 5.02. The van der Waals surface area contributed by atoms with Crippen LogP contribution in [0, 0.1) is 18.8 Å². The van der Waals surface area contributed by atoms with E-state index in [1.165, 1.54) is 12.7 Å². The maximum atomic E-state index is 12.2. The lowest BCUT2D eigenvalue weighted by Gasteiger charge is -2.08. The minimum Gasteiger partial charge on any atom is -0.339 e. The number of rotatable bonds is 4. The molecule has 0 spiro atoms. The van der Waals surface area contributed by atoms with E-state index in [9.17, 15) is 4.91 Å². The van der Waals surface area contributed by atoms with Gasteiger partial charge in [0.2, 0.25) is 5.65 Å². The van der Waals surface area contributed by atoms with Gasteiger partial charge in [-0.15, -0.1) is 10.2 Å². The molecule has 0 radical (unpaired) electrons. The van der Waals surface area contributed by atoms with E-state index < -0.39 is 0 Å². The minimum atomic E-state index is 0.336. The quantitative estimate of drug-likeness (QED) is 0.536. The second-order valence-electron chi connectivity index (χ2n) is 6.00. The topological polar surface area (TPSA) is 64.4 Å². The van der Waals surface area contributed by atoms with Crippen molar-refractivity contribution in [3.05, 3.63) is 64.5 Å². The standard InChI is InChI=1S/C18H18N5O2/c1-12-9-16-15(21(12)11-14-7-5-4-6-8-14)10-17(23(24)25-3)18-20-19-13(2)22(16)18/h4-10H,11H2,1-3H3/q+1. The number of hydrogen-bond acceptors (Lipinski definition) is 4. The second-order valence-corrected chi connectivity index (χ2v) is 6.00. The Hall–Kier alpha value is -3.22. The fourth-order valence-electron chi connectivity index (χ4n) is 3.23. The Morgan fingerprint density at radius 2 is 1.84 bits per heavy atom. The van der Waals surface area contributed by atoms with Crippen LogP contribution in [-0.2, 0) is 11.4 Å². The summed E-state index contributed by atoms with van der Waals surface area (Å²) >= 11 is 0. The van der Waals surface area contributed by atoms with E-state index in [4.69, 9.17) is 4.84 Å². The zero-order valence-electron chi connectivity index (χ0n) is 14.3. The Labute approximate surface area is 144 Å². The van der Waals surface area contributed by atoms with Crippen molar-refractivity contribution in [1.29, 1.82) is 0 Å². The van der Waals surface area contributed by atoms with E-state index in [0.717, 1.165) is 22.6 Å². The third-order valence-electron chi connectivity index (χ3n) is 4.44. The Balaban J connectivity index is 2.02. The summed E-state index contributed by atoms with van der Waals surface area (Å²) < 4.78 is 4.07. The van der Waals surface area contributed by atoms with Crippen LogP contribution in [0.3, 0.4) is 0 Å². The van der Waals surface area contributed by atoms with Gasteiger partial charge in [-0.1, -0.05) is 30.3 Å². The molecule has 0 bridgehead atoms. The number of hydrogen-bond donors (Lipinski definition) is 0. The highest BCUT2D eigenvalue weighted by molar-refractivity contribution is 5.85. The molecule has 4 aromatic rings. The summed E-state index contributed by atoms with van der Waals surface area (Å²) in [6.45, 7) is 4.64. The van der Waals surface area contributed by atoms with Gasteiger partial charge in [0.05, 0.1) is 22.0 Å². The molecule has 0 unspecified atom stereocenters. The number of fused-ring (bicyclic) bond motifs is 3. The molecule has 0 atom stereocenters. The Bertz CT molecular complexity index is 1100. The molecule has 0 aliphatic carbocycles. The first-order valence-electron chi connectivity index (χ1n) is 8.00. The molecule has 0 aliphatic rings. The highest BCUT2D eigenvalue weighted by Gasteiger charge is 2.26. The SMILES string of the molecule is CO[N+](=O)c1cc2c(cc(C)n2Cc2ccccc2)n2c(C)nnc12. The van der Waals surface area contributed by atoms with E-state index in [-0.39, 0.29) is 0 Å². The first-order chi connectivity index (χ1) is 12.1. The van der Waals surface area contributed by atoms with Gasteiger partial charge in [-0.05, 0) is 25.5 Å². The third kappa shape index (κ3) is 2.36. The smallest absolute Gasteiger partial charge is 0.339 e. The number of aryl methyl sites for hydroxylation is 2. The van der Waals surface area contributed by atoms with E-state index >= 15 is 0 Å². The van der Waals surface area contributed by atoms with Crippen LogP contribution < -0.4 is 0 Å². The van der Waals surface area contributed by atoms with Gasteiger partial charge in [0.1, 0.15) is 5.82 Å². The third-order valence-corrected chi connectivity index (χ3v) is 4.44. The lowest BCUT2D eigenvalue weighted by molar-refractivity contribution is -0.735. The first-order valence-corrected chi connectivity index (χ1v) is 8.00. The van der Waals surface area contributed by atoms with Crippen LogP contribution >= 0.6 is 0 Å². The molecule has 126 valence electrons. The van der Waals surface area contributed by atoms with Crippen LogP contribution in [0.25, 0.3) is 16.7 Å². The first kappa shape index (κ1) is 15.3. The molecule has 4 rings (SSSR count). The van der Waals surface area contributed by atoms with E-state index in [1.54, 1.807) is 0 Å². The van der Waals surface area contributed by atoms with Gasteiger partial charge in [-0.2, -0.15) is 0 Å². The van der Waals surface area contributed by atoms with Crippen molar-refractivity contribution in [1.82, 2.24) is 19.2 Å². The van der Waals surface area contributed by atoms with Gasteiger partial charge in [0, 0.05) is 12.2 Å². The molecule has 0 fully saturated rings. The van der Waals surface area contributed by atoms with Crippen molar-refractivity contribution in [3.63, 3.8) is 0 Å². The Morgan fingerprint density at radius 3 is 2.56 bits per heavy atom. The van der Waals surface area contributed by atoms with Crippen LogP contribution in [0.4, 0.5) is 5.69 Å². The summed E-state index contributed by atoms with van der Waals surface area (Å²) in [5.74, 6) is 0.725. The van der Waals surface area contributed by atoms with Gasteiger partial charge < -0.3 is 4.57 Å². The summed E-state index contributed by atoms with van der Waals surface area (Å²) in [7, 11) is 1.34. The van der Waals surface area contributed by atoms with Crippen molar-refractivity contribution in [2.45, 2.75) is 20.4 Å². The van der Waals surface area contributed by atoms with E-state index in [2.05, 4.69) is 39.9 Å². The fraction of sp³-hybridized carbons (Fsp3) is 0.222. The molecule has 3 heterocycles. The largest absolute Gasteiger partial charge is 0.363 e. The number of benzene rings is 1. The molecule has 0 amide bonds. The normalized spacial score (nSPS) is 11.3. The zero-order valence-corrected chi connectivity index (χ0v) is 14.3. The molecule has 0 N–H and O–H groups in total. The van der Waals surface area contributed by atoms with Crippen molar-refractivity contribution in [2.24, 2.45) is 0 Å². The molecule has 0 saturated heterocycles. The van der Waals surface area contributed by atoms with Gasteiger partial charge in [-0.25, -0.2) is 4.84 Å². The number of aromatic nitrogens is 4. The lowest BCUT2D eigenvalue weighted by atomic mass is 10.2. The number of pyridine rings is 1. The second kappa shape index (κ2) is 5.70. The molecule has 7 nitrogen and oxygen atoms in total. The molecular formula is C18H18N5O2+. The van der Waals surface area contributed by atoms with Crippen molar-refractivity contribution < 1.29 is 9.76 Å². The average Bonchev–Trinajstić information content (AvgIpc) is 3.15. The average molecular weight is 336 g/mol. The van der Waals surface area contributed by atoms with Crippen molar-refractivity contribution >= 4 is 22.4 Å². The number of nitrogens with zero attached hydrogens (tertiary/aromatic N) is 5. The van der Waals surface area contributed by atoms with Gasteiger partial charge in [0.25, 0.3) is 4.92 Å². The highest BCUT2D eigenvalue weighted by Crippen LogP contribution is 2.29. The van der Waals surface area contributed by atoms with Crippen LogP contribution in [0.5, 0.6) is 0 Å². The maximum Gasteiger partial charge on any atom is 0.363 e. The predicted octanol–water partition coefficient (Wildman–Crippen LogP) is 3.32. The fourth-order valence-corrected chi connectivity index (χ4v) is 3.23. The van der Waals surface area contributed by atoms with Gasteiger partial charge in [0.15, 0.2) is 7.11 Å². The van der Waals surface area contributed by atoms with E-state index in [1.807, 2.05) is 35.6 Å². The molecule has 1 aromatic carbocycles. The predicted molar refractivity (Wildman–Crippen MR) is 93.8 cm³/mol. The molecule has 3 aromatic heterocycles. The molecular weight excluding hydrogens is 318 g/mol. The van der Waals surface area contributed by atoms with Crippen LogP contribution in [0.2, 0.25) is 0 Å². The molecule has 25 heavy (non-hydrogen) atoms. The molecule has 7 heteroatoms. The van der Waals surface area contributed by atoms with Crippen molar-refractivity contribution in [2.75, 3.05) is 7.11 Å².